The van der Waals surface area contributed by atoms with Crippen molar-refractivity contribution in [1.29, 1.82) is 0 Å². The minimum atomic E-state index is 0.304. The van der Waals surface area contributed by atoms with Gasteiger partial charge in [-0.15, -0.1) is 11.8 Å². The number of rotatable bonds is 3. The summed E-state index contributed by atoms with van der Waals surface area (Å²) in [5.41, 5.74) is 6.80. The summed E-state index contributed by atoms with van der Waals surface area (Å²) in [6.45, 7) is 0. The summed E-state index contributed by atoms with van der Waals surface area (Å²) in [6, 6.07) is 10.2. The lowest BCUT2D eigenvalue weighted by atomic mass is 10.2. The minimum absolute atomic E-state index is 0.304. The van der Waals surface area contributed by atoms with Crippen LogP contribution in [0.3, 0.4) is 0 Å². The van der Waals surface area contributed by atoms with Gasteiger partial charge in [0, 0.05) is 11.9 Å². The number of nitrogens with two attached hydrogens (primary N) is 1. The average molecular weight is 296 g/mol. The molecule has 82 valence electrons. The fourth-order valence-corrected chi connectivity index (χ4v) is 2.57. The van der Waals surface area contributed by atoms with Crippen LogP contribution in [-0.2, 0) is 5.75 Å². The van der Waals surface area contributed by atoms with Crippen LogP contribution in [-0.4, -0.2) is 9.97 Å². The van der Waals surface area contributed by atoms with Gasteiger partial charge >= 0.3 is 0 Å². The Bertz CT molecular complexity index is 476. The predicted octanol–water partition coefficient (Wildman–Crippen LogP) is 3.11. The maximum absolute atomic E-state index is 5.54. The number of nitrogens with zero attached hydrogens (tertiary/aromatic N) is 2. The molecular formula is C11H10BrN3S. The summed E-state index contributed by atoms with van der Waals surface area (Å²) >= 11 is 5.04. The minimum Gasteiger partial charge on any atom is -0.368 e. The Morgan fingerprint density at radius 2 is 2.00 bits per heavy atom. The third kappa shape index (κ3) is 2.96. The molecular weight excluding hydrogens is 286 g/mol. The topological polar surface area (TPSA) is 51.8 Å². The lowest BCUT2D eigenvalue weighted by molar-refractivity contribution is 1.04. The van der Waals surface area contributed by atoms with E-state index in [9.17, 15) is 0 Å². The second kappa shape index (κ2) is 5.32. The monoisotopic (exact) mass is 295 g/mol. The molecule has 0 atom stereocenters. The molecule has 1 heterocycles. The van der Waals surface area contributed by atoms with E-state index in [1.54, 1.807) is 18.0 Å². The molecule has 3 nitrogen and oxygen atoms in total. The van der Waals surface area contributed by atoms with E-state index >= 15 is 0 Å². The van der Waals surface area contributed by atoms with Gasteiger partial charge in [-0.3, -0.25) is 0 Å². The predicted molar refractivity (Wildman–Crippen MR) is 70.1 cm³/mol. The molecule has 0 saturated heterocycles. The third-order valence-electron chi connectivity index (χ3n) is 1.95. The highest BCUT2D eigenvalue weighted by atomic mass is 79.9. The highest BCUT2D eigenvalue weighted by molar-refractivity contribution is 9.10. The van der Waals surface area contributed by atoms with Gasteiger partial charge in [-0.1, -0.05) is 30.3 Å². The van der Waals surface area contributed by atoms with E-state index in [-0.39, 0.29) is 0 Å². The molecule has 0 fully saturated rings. The number of nitrogen functional groups attached to an aromatic ring is 1. The van der Waals surface area contributed by atoms with E-state index < -0.39 is 0 Å². The van der Waals surface area contributed by atoms with Crippen molar-refractivity contribution in [3.05, 3.63) is 46.6 Å². The van der Waals surface area contributed by atoms with Crippen LogP contribution in [0.2, 0.25) is 0 Å². The molecule has 5 heteroatoms. The fraction of sp³-hybridized carbons (Fsp3) is 0.0909. The molecule has 1 aromatic heterocycles. The van der Waals surface area contributed by atoms with Gasteiger partial charge in [-0.2, -0.15) is 0 Å². The fourth-order valence-electron chi connectivity index (χ4n) is 1.19. The summed E-state index contributed by atoms with van der Waals surface area (Å²) in [5.74, 6) is 1.18. The van der Waals surface area contributed by atoms with Crippen molar-refractivity contribution in [2.45, 2.75) is 10.8 Å². The van der Waals surface area contributed by atoms with Crippen molar-refractivity contribution >= 4 is 33.6 Å². The van der Waals surface area contributed by atoms with Crippen molar-refractivity contribution < 1.29 is 0 Å². The summed E-state index contributed by atoms with van der Waals surface area (Å²) < 4.78 is 0.877. The maximum atomic E-state index is 5.54. The zero-order chi connectivity index (χ0) is 11.4. The molecule has 2 rings (SSSR count). The average Bonchev–Trinajstić information content (AvgIpc) is 2.32. The summed E-state index contributed by atoms with van der Waals surface area (Å²) in [4.78, 5) is 8.07. The third-order valence-corrected chi connectivity index (χ3v) is 3.85. The Morgan fingerprint density at radius 3 is 2.75 bits per heavy atom. The van der Waals surface area contributed by atoms with E-state index in [1.807, 2.05) is 18.2 Å². The van der Waals surface area contributed by atoms with Crippen LogP contribution in [0.15, 0.2) is 46.0 Å². The number of hydrogen-bond donors (Lipinski definition) is 1. The van der Waals surface area contributed by atoms with Crippen molar-refractivity contribution in [3.63, 3.8) is 0 Å². The van der Waals surface area contributed by atoms with Gasteiger partial charge in [0.05, 0.1) is 4.47 Å². The summed E-state index contributed by atoms with van der Waals surface area (Å²) in [5, 5.41) is 0.872. The summed E-state index contributed by atoms with van der Waals surface area (Å²) in [6.07, 6.45) is 1.68. The first-order chi connectivity index (χ1) is 7.75. The van der Waals surface area contributed by atoms with E-state index in [4.69, 9.17) is 5.73 Å². The number of aromatic nitrogens is 2. The Kier molecular flexibility index (Phi) is 3.79. The molecule has 1 aromatic carbocycles. The zero-order valence-corrected chi connectivity index (χ0v) is 10.8. The van der Waals surface area contributed by atoms with Crippen molar-refractivity contribution in [3.8, 4) is 0 Å². The molecule has 2 N–H and O–H groups in total. The number of benzene rings is 1. The largest absolute Gasteiger partial charge is 0.368 e. The molecule has 0 aliphatic carbocycles. The lowest BCUT2D eigenvalue weighted by Crippen LogP contribution is -1.95. The first-order valence-electron chi connectivity index (χ1n) is 4.70. The van der Waals surface area contributed by atoms with E-state index in [0.717, 1.165) is 15.3 Å². The quantitative estimate of drug-likeness (QED) is 0.698. The van der Waals surface area contributed by atoms with Crippen LogP contribution in [0.5, 0.6) is 0 Å². The van der Waals surface area contributed by atoms with Crippen molar-refractivity contribution in [1.82, 2.24) is 9.97 Å². The molecule has 16 heavy (non-hydrogen) atoms. The van der Waals surface area contributed by atoms with Crippen LogP contribution in [0.1, 0.15) is 5.56 Å². The zero-order valence-electron chi connectivity index (χ0n) is 8.43. The molecule has 0 spiro atoms. The van der Waals surface area contributed by atoms with Gasteiger partial charge in [0.15, 0.2) is 0 Å². The number of halogens is 1. The molecule has 0 radical (unpaired) electrons. The molecule has 0 unspecified atom stereocenters. The maximum Gasteiger partial charge on any atom is 0.221 e. The van der Waals surface area contributed by atoms with Gasteiger partial charge < -0.3 is 5.73 Å². The van der Waals surface area contributed by atoms with Gasteiger partial charge in [-0.25, -0.2) is 9.97 Å². The highest BCUT2D eigenvalue weighted by Gasteiger charge is 2.04. The normalized spacial score (nSPS) is 10.3. The Hall–Kier alpha value is -1.07. The van der Waals surface area contributed by atoms with Crippen LogP contribution in [0, 0.1) is 0 Å². The van der Waals surface area contributed by atoms with Gasteiger partial charge in [0.2, 0.25) is 5.95 Å². The molecule has 0 saturated carbocycles. The second-order valence-corrected chi connectivity index (χ2v) is 4.97. The van der Waals surface area contributed by atoms with Crippen molar-refractivity contribution in [2.75, 3.05) is 5.73 Å². The first-order valence-corrected chi connectivity index (χ1v) is 6.48. The highest BCUT2D eigenvalue weighted by Crippen LogP contribution is 2.27. The van der Waals surface area contributed by atoms with E-state index in [2.05, 4.69) is 38.0 Å². The molecule has 0 aliphatic rings. The first kappa shape index (κ1) is 11.4. The van der Waals surface area contributed by atoms with Crippen LogP contribution < -0.4 is 5.73 Å². The SMILES string of the molecule is Nc1ncc(Br)c(SCc2ccccc2)n1. The smallest absolute Gasteiger partial charge is 0.221 e. The Morgan fingerprint density at radius 1 is 1.25 bits per heavy atom. The van der Waals surface area contributed by atoms with Gasteiger partial charge in [0.1, 0.15) is 5.03 Å². The van der Waals surface area contributed by atoms with Crippen molar-refractivity contribution in [2.24, 2.45) is 0 Å². The number of hydrogen-bond acceptors (Lipinski definition) is 4. The van der Waals surface area contributed by atoms with E-state index in [0.29, 0.717) is 5.95 Å². The molecule has 0 amide bonds. The van der Waals surface area contributed by atoms with Crippen LogP contribution in [0.4, 0.5) is 5.95 Å². The molecule has 0 bridgehead atoms. The molecule has 2 aromatic rings. The molecule has 0 aliphatic heterocycles. The lowest BCUT2D eigenvalue weighted by Gasteiger charge is -2.03. The number of thioether (sulfide) groups is 1. The van der Waals surface area contributed by atoms with Crippen LogP contribution >= 0.6 is 27.7 Å². The number of anilines is 1. The van der Waals surface area contributed by atoms with Crippen LogP contribution in [0.25, 0.3) is 0 Å². The van der Waals surface area contributed by atoms with Gasteiger partial charge in [0.25, 0.3) is 0 Å². The Balaban J connectivity index is 2.08. The summed E-state index contributed by atoms with van der Waals surface area (Å²) in [7, 11) is 0. The van der Waals surface area contributed by atoms with Gasteiger partial charge in [-0.05, 0) is 21.5 Å². The van der Waals surface area contributed by atoms with E-state index in [1.165, 1.54) is 5.56 Å². The Labute approximate surface area is 107 Å². The second-order valence-electron chi connectivity index (χ2n) is 3.16. The standard InChI is InChI=1S/C11H10BrN3S/c12-9-6-14-11(13)15-10(9)16-7-8-4-2-1-3-5-8/h1-6H,7H2,(H2,13,14,15).